The molecule has 5 nitrogen and oxygen atoms in total. The average Bonchev–Trinajstić information content (AvgIpc) is 2.69. The summed E-state index contributed by atoms with van der Waals surface area (Å²) in [5, 5.41) is 6.92. The van der Waals surface area contributed by atoms with Gasteiger partial charge in [0.05, 0.1) is 17.9 Å². The summed E-state index contributed by atoms with van der Waals surface area (Å²) in [4.78, 5) is 14.1. The molecule has 2 heterocycles. The van der Waals surface area contributed by atoms with Crippen LogP contribution in [-0.2, 0) is 4.74 Å². The summed E-state index contributed by atoms with van der Waals surface area (Å²) in [7, 11) is 1.85. The van der Waals surface area contributed by atoms with Gasteiger partial charge in [0.25, 0.3) is 5.91 Å². The molecular weight excluding hydrogens is 230 g/mol. The zero-order valence-electron chi connectivity index (χ0n) is 11.3. The van der Waals surface area contributed by atoms with E-state index in [0.717, 1.165) is 44.0 Å². The molecule has 0 spiro atoms. The molecule has 0 aromatic carbocycles. The third kappa shape index (κ3) is 2.72. The first-order valence-corrected chi connectivity index (χ1v) is 6.44. The van der Waals surface area contributed by atoms with Crippen molar-refractivity contribution in [2.75, 3.05) is 26.8 Å². The number of hydrogen-bond donors (Lipinski definition) is 1. The average molecular weight is 251 g/mol. The number of carbonyl (C=O) groups is 1. The smallest absolute Gasteiger partial charge is 0.257 e. The molecule has 18 heavy (non-hydrogen) atoms. The minimum absolute atomic E-state index is 0.0457. The van der Waals surface area contributed by atoms with Gasteiger partial charge in [-0.15, -0.1) is 0 Å². The molecule has 1 aromatic heterocycles. The van der Waals surface area contributed by atoms with Crippen molar-refractivity contribution < 1.29 is 9.53 Å². The number of hydrogen-bond acceptors (Lipinski definition) is 3. The summed E-state index contributed by atoms with van der Waals surface area (Å²) in [6.45, 7) is 6.11. The van der Waals surface area contributed by atoms with Crippen LogP contribution in [-0.4, -0.2) is 47.8 Å². The van der Waals surface area contributed by atoms with Crippen molar-refractivity contribution in [3.8, 4) is 0 Å². The number of rotatable bonds is 3. The molecule has 1 saturated heterocycles. The van der Waals surface area contributed by atoms with Gasteiger partial charge in [0.15, 0.2) is 0 Å². The number of aromatic nitrogens is 2. The zero-order chi connectivity index (χ0) is 13.1. The molecule has 1 atom stereocenters. The van der Waals surface area contributed by atoms with Gasteiger partial charge < -0.3 is 9.64 Å². The number of amides is 1. The Kier molecular flexibility index (Phi) is 4.01. The highest BCUT2D eigenvalue weighted by molar-refractivity contribution is 5.96. The SMILES string of the molecule is Cc1n[nH]c(C)c1C(=O)N(C)CC1CCCOC1. The number of nitrogens with zero attached hydrogens (tertiary/aromatic N) is 2. The van der Waals surface area contributed by atoms with Crippen molar-refractivity contribution in [1.82, 2.24) is 15.1 Å². The largest absolute Gasteiger partial charge is 0.381 e. The number of ether oxygens (including phenoxy) is 1. The maximum absolute atomic E-state index is 12.3. The van der Waals surface area contributed by atoms with Crippen LogP contribution in [0, 0.1) is 19.8 Å². The van der Waals surface area contributed by atoms with Crippen LogP contribution in [0.4, 0.5) is 0 Å². The van der Waals surface area contributed by atoms with E-state index in [9.17, 15) is 4.79 Å². The van der Waals surface area contributed by atoms with Crippen LogP contribution in [0.2, 0.25) is 0 Å². The Balaban J connectivity index is 2.00. The Morgan fingerprint density at radius 2 is 2.33 bits per heavy atom. The Bertz CT molecular complexity index is 402. The number of aryl methyl sites for hydroxylation is 2. The summed E-state index contributed by atoms with van der Waals surface area (Å²) < 4.78 is 5.44. The van der Waals surface area contributed by atoms with Crippen LogP contribution in [0.25, 0.3) is 0 Å². The molecule has 0 radical (unpaired) electrons. The third-order valence-corrected chi connectivity index (χ3v) is 3.48. The normalized spacial score (nSPS) is 19.8. The summed E-state index contributed by atoms with van der Waals surface area (Å²) >= 11 is 0. The van der Waals surface area contributed by atoms with Gasteiger partial charge in [0.2, 0.25) is 0 Å². The van der Waals surface area contributed by atoms with E-state index < -0.39 is 0 Å². The maximum Gasteiger partial charge on any atom is 0.257 e. The molecule has 2 rings (SSSR count). The molecule has 1 unspecified atom stereocenters. The van der Waals surface area contributed by atoms with Gasteiger partial charge in [-0.05, 0) is 32.6 Å². The van der Waals surface area contributed by atoms with Crippen LogP contribution in [0.5, 0.6) is 0 Å². The van der Waals surface area contributed by atoms with E-state index in [1.807, 2.05) is 20.9 Å². The van der Waals surface area contributed by atoms with Crippen molar-refractivity contribution in [1.29, 1.82) is 0 Å². The summed E-state index contributed by atoms with van der Waals surface area (Å²) in [6, 6.07) is 0. The molecule has 100 valence electrons. The number of nitrogens with one attached hydrogen (secondary N) is 1. The van der Waals surface area contributed by atoms with Gasteiger partial charge >= 0.3 is 0 Å². The molecule has 1 aliphatic heterocycles. The fourth-order valence-corrected chi connectivity index (χ4v) is 2.48. The highest BCUT2D eigenvalue weighted by atomic mass is 16.5. The monoisotopic (exact) mass is 251 g/mol. The fourth-order valence-electron chi connectivity index (χ4n) is 2.48. The second-order valence-electron chi connectivity index (χ2n) is 5.08. The van der Waals surface area contributed by atoms with Gasteiger partial charge in [-0.1, -0.05) is 0 Å². The Morgan fingerprint density at radius 1 is 1.56 bits per heavy atom. The topological polar surface area (TPSA) is 58.2 Å². The zero-order valence-corrected chi connectivity index (χ0v) is 11.3. The minimum Gasteiger partial charge on any atom is -0.381 e. The predicted molar refractivity (Wildman–Crippen MR) is 68.6 cm³/mol. The first-order chi connectivity index (χ1) is 8.59. The van der Waals surface area contributed by atoms with Gasteiger partial charge in [-0.2, -0.15) is 5.10 Å². The minimum atomic E-state index is 0.0457. The third-order valence-electron chi connectivity index (χ3n) is 3.48. The van der Waals surface area contributed by atoms with E-state index in [4.69, 9.17) is 4.74 Å². The molecule has 0 bridgehead atoms. The van der Waals surface area contributed by atoms with Gasteiger partial charge in [-0.25, -0.2) is 0 Å². The van der Waals surface area contributed by atoms with E-state index in [1.54, 1.807) is 4.90 Å². The molecule has 1 aromatic rings. The Morgan fingerprint density at radius 3 is 2.89 bits per heavy atom. The van der Waals surface area contributed by atoms with Gasteiger partial charge in [-0.3, -0.25) is 9.89 Å². The van der Waals surface area contributed by atoms with Crippen LogP contribution < -0.4 is 0 Å². The lowest BCUT2D eigenvalue weighted by Gasteiger charge is -2.27. The Labute approximate surface area is 108 Å². The molecular formula is C13H21N3O2. The molecule has 0 saturated carbocycles. The van der Waals surface area contributed by atoms with E-state index in [0.29, 0.717) is 11.5 Å². The number of H-pyrrole nitrogens is 1. The molecule has 1 aliphatic rings. The maximum atomic E-state index is 12.3. The molecule has 5 heteroatoms. The van der Waals surface area contributed by atoms with E-state index in [2.05, 4.69) is 10.2 Å². The molecule has 1 amide bonds. The van der Waals surface area contributed by atoms with Crippen LogP contribution in [0.1, 0.15) is 34.6 Å². The lowest BCUT2D eigenvalue weighted by molar-refractivity contribution is 0.0388. The predicted octanol–water partition coefficient (Wildman–Crippen LogP) is 1.53. The summed E-state index contributed by atoms with van der Waals surface area (Å²) in [6.07, 6.45) is 2.23. The molecule has 0 aliphatic carbocycles. The van der Waals surface area contributed by atoms with Crippen molar-refractivity contribution in [2.45, 2.75) is 26.7 Å². The van der Waals surface area contributed by atoms with Crippen molar-refractivity contribution in [3.05, 3.63) is 17.0 Å². The lowest BCUT2D eigenvalue weighted by atomic mass is 10.0. The first-order valence-electron chi connectivity index (χ1n) is 6.44. The lowest BCUT2D eigenvalue weighted by Crippen LogP contribution is -2.35. The van der Waals surface area contributed by atoms with E-state index in [-0.39, 0.29) is 5.91 Å². The van der Waals surface area contributed by atoms with Crippen molar-refractivity contribution in [3.63, 3.8) is 0 Å². The number of carbonyl (C=O) groups excluding carboxylic acids is 1. The highest BCUT2D eigenvalue weighted by Gasteiger charge is 2.22. The van der Waals surface area contributed by atoms with Crippen molar-refractivity contribution in [2.24, 2.45) is 5.92 Å². The van der Waals surface area contributed by atoms with Gasteiger partial charge in [0, 0.05) is 25.9 Å². The van der Waals surface area contributed by atoms with E-state index >= 15 is 0 Å². The van der Waals surface area contributed by atoms with Gasteiger partial charge in [0.1, 0.15) is 0 Å². The fraction of sp³-hybridized carbons (Fsp3) is 0.692. The van der Waals surface area contributed by atoms with Crippen LogP contribution in [0.3, 0.4) is 0 Å². The second-order valence-corrected chi connectivity index (χ2v) is 5.08. The molecule has 1 N–H and O–H groups in total. The quantitative estimate of drug-likeness (QED) is 0.886. The van der Waals surface area contributed by atoms with Crippen LogP contribution in [0.15, 0.2) is 0 Å². The summed E-state index contributed by atoms with van der Waals surface area (Å²) in [5.74, 6) is 0.504. The summed E-state index contributed by atoms with van der Waals surface area (Å²) in [5.41, 5.74) is 2.31. The van der Waals surface area contributed by atoms with Crippen LogP contribution >= 0.6 is 0 Å². The second kappa shape index (κ2) is 5.52. The standard InChI is InChI=1S/C13H21N3O2/c1-9-12(10(2)15-14-9)13(17)16(3)7-11-5-4-6-18-8-11/h11H,4-8H2,1-3H3,(H,14,15). The van der Waals surface area contributed by atoms with Crippen molar-refractivity contribution >= 4 is 5.91 Å². The van der Waals surface area contributed by atoms with E-state index in [1.165, 1.54) is 0 Å². The molecule has 1 fully saturated rings. The Hall–Kier alpha value is -1.36. The number of aromatic amines is 1. The first kappa shape index (κ1) is 13.1. The highest BCUT2D eigenvalue weighted by Crippen LogP contribution is 2.17.